The molecule has 4 heteroatoms. The van der Waals surface area contributed by atoms with Crippen LogP contribution in [0.5, 0.6) is 0 Å². The Hall–Kier alpha value is -0.900. The number of carbonyl (C=O) groups excluding carboxylic acids is 1. The van der Waals surface area contributed by atoms with Crippen LogP contribution in [0.3, 0.4) is 0 Å². The van der Waals surface area contributed by atoms with Crippen molar-refractivity contribution in [2.45, 2.75) is 31.8 Å². The molecule has 0 aliphatic rings. The number of rotatable bonds is 4. The summed E-state index contributed by atoms with van der Waals surface area (Å²) in [6.07, 6.45) is 4.85. The molecule has 1 aromatic rings. The zero-order valence-electron chi connectivity index (χ0n) is 8.70. The maximum Gasteiger partial charge on any atom is 0.187 e. The molecular formula is C10H14N2OS. The van der Waals surface area contributed by atoms with E-state index < -0.39 is 0 Å². The minimum absolute atomic E-state index is 0.120. The third-order valence-corrected chi connectivity index (χ3v) is 2.55. The molecule has 0 radical (unpaired) electrons. The number of hydrogen-bond acceptors (Lipinski definition) is 4. The lowest BCUT2D eigenvalue weighted by Gasteiger charge is -2.05. The van der Waals surface area contributed by atoms with E-state index in [9.17, 15) is 4.79 Å². The summed E-state index contributed by atoms with van der Waals surface area (Å²) in [5.74, 6) is 0.120. The Morgan fingerprint density at radius 3 is 2.71 bits per heavy atom. The van der Waals surface area contributed by atoms with Crippen molar-refractivity contribution < 1.29 is 4.79 Å². The fraction of sp³-hybridized carbons (Fsp3) is 0.500. The number of hydrogen-bond donors (Lipinski definition) is 0. The van der Waals surface area contributed by atoms with Crippen LogP contribution < -0.4 is 0 Å². The van der Waals surface area contributed by atoms with Crippen LogP contribution in [-0.4, -0.2) is 22.0 Å². The average Bonchev–Trinajstić information content (AvgIpc) is 2.27. The summed E-state index contributed by atoms with van der Waals surface area (Å²) in [6.45, 7) is 3.85. The summed E-state index contributed by atoms with van der Waals surface area (Å²) in [7, 11) is 0. The number of thioether (sulfide) groups is 1. The first-order valence-corrected chi connectivity index (χ1v) is 5.88. The normalized spacial score (nSPS) is 10.2. The van der Waals surface area contributed by atoms with Crippen LogP contribution >= 0.6 is 11.8 Å². The van der Waals surface area contributed by atoms with Gasteiger partial charge < -0.3 is 0 Å². The van der Waals surface area contributed by atoms with Crippen LogP contribution in [-0.2, 0) is 6.42 Å². The van der Waals surface area contributed by atoms with Gasteiger partial charge in [0.25, 0.3) is 0 Å². The van der Waals surface area contributed by atoms with Gasteiger partial charge in [-0.1, -0.05) is 25.6 Å². The zero-order valence-corrected chi connectivity index (χ0v) is 9.52. The van der Waals surface area contributed by atoms with E-state index in [2.05, 4.69) is 9.97 Å². The van der Waals surface area contributed by atoms with E-state index in [4.69, 9.17) is 0 Å². The highest BCUT2D eigenvalue weighted by atomic mass is 32.2. The quantitative estimate of drug-likeness (QED) is 0.434. The average molecular weight is 210 g/mol. The fourth-order valence-corrected chi connectivity index (χ4v) is 1.55. The highest BCUT2D eigenvalue weighted by Crippen LogP contribution is 2.14. The standard InChI is InChI=1S/C10H14N2OS/c1-4-8-7(9(13)5-2)6-11-10(12-8)14-3/h6H,4-5H2,1-3H3. The second-order valence-electron chi connectivity index (χ2n) is 2.85. The summed E-state index contributed by atoms with van der Waals surface area (Å²) in [4.78, 5) is 19.9. The largest absolute Gasteiger partial charge is 0.294 e. The summed E-state index contributed by atoms with van der Waals surface area (Å²) in [6, 6.07) is 0. The van der Waals surface area contributed by atoms with Gasteiger partial charge in [-0.05, 0) is 12.7 Å². The highest BCUT2D eigenvalue weighted by molar-refractivity contribution is 7.98. The van der Waals surface area contributed by atoms with Crippen molar-refractivity contribution >= 4 is 17.5 Å². The van der Waals surface area contributed by atoms with E-state index in [0.717, 1.165) is 17.3 Å². The van der Waals surface area contributed by atoms with Gasteiger partial charge >= 0.3 is 0 Å². The predicted octanol–water partition coefficient (Wildman–Crippen LogP) is 2.35. The van der Waals surface area contributed by atoms with Crippen molar-refractivity contribution in [2.75, 3.05) is 6.26 Å². The summed E-state index contributed by atoms with van der Waals surface area (Å²) in [5, 5.41) is 0.731. The highest BCUT2D eigenvalue weighted by Gasteiger charge is 2.11. The number of nitrogens with zero attached hydrogens (tertiary/aromatic N) is 2. The molecule has 0 saturated heterocycles. The summed E-state index contributed by atoms with van der Waals surface area (Å²) < 4.78 is 0. The second-order valence-corrected chi connectivity index (χ2v) is 3.62. The molecule has 0 aliphatic carbocycles. The maximum atomic E-state index is 11.5. The van der Waals surface area contributed by atoms with Crippen LogP contribution in [0, 0.1) is 0 Å². The number of carbonyl (C=O) groups is 1. The Bertz CT molecular complexity index is 339. The number of Topliss-reactive ketones (excluding diaryl/α,β-unsaturated/α-hetero) is 1. The van der Waals surface area contributed by atoms with Crippen LogP contribution in [0.15, 0.2) is 11.4 Å². The molecule has 3 nitrogen and oxygen atoms in total. The van der Waals surface area contributed by atoms with Gasteiger partial charge in [0.2, 0.25) is 0 Å². The predicted molar refractivity (Wildman–Crippen MR) is 57.8 cm³/mol. The molecule has 1 heterocycles. The Kier molecular flexibility index (Phi) is 4.07. The maximum absolute atomic E-state index is 11.5. The minimum atomic E-state index is 0.120. The molecule has 76 valence electrons. The molecule has 0 atom stereocenters. The van der Waals surface area contributed by atoms with Crippen molar-refractivity contribution in [1.29, 1.82) is 0 Å². The summed E-state index contributed by atoms with van der Waals surface area (Å²) in [5.41, 5.74) is 1.53. The van der Waals surface area contributed by atoms with Crippen molar-refractivity contribution in [3.8, 4) is 0 Å². The Morgan fingerprint density at radius 1 is 1.50 bits per heavy atom. The molecule has 0 aliphatic heterocycles. The van der Waals surface area contributed by atoms with Gasteiger partial charge in [-0.25, -0.2) is 9.97 Å². The lowest BCUT2D eigenvalue weighted by Crippen LogP contribution is -2.06. The SMILES string of the molecule is CCC(=O)c1cnc(SC)nc1CC. The monoisotopic (exact) mass is 210 g/mol. The van der Waals surface area contributed by atoms with Gasteiger partial charge in [-0.15, -0.1) is 0 Å². The molecule has 0 bridgehead atoms. The molecule has 0 fully saturated rings. The van der Waals surface area contributed by atoms with E-state index in [1.165, 1.54) is 11.8 Å². The summed E-state index contributed by atoms with van der Waals surface area (Å²) >= 11 is 1.49. The third kappa shape index (κ3) is 2.32. The number of aryl methyl sites for hydroxylation is 1. The van der Waals surface area contributed by atoms with Crippen LogP contribution in [0.1, 0.15) is 36.3 Å². The van der Waals surface area contributed by atoms with E-state index in [1.54, 1.807) is 6.20 Å². The van der Waals surface area contributed by atoms with Crippen LogP contribution in [0.2, 0.25) is 0 Å². The van der Waals surface area contributed by atoms with Gasteiger partial charge in [0, 0.05) is 12.6 Å². The van der Waals surface area contributed by atoms with Crippen molar-refractivity contribution in [3.63, 3.8) is 0 Å². The Balaban J connectivity index is 3.11. The first kappa shape index (κ1) is 11.2. The third-order valence-electron chi connectivity index (χ3n) is 1.98. The van der Waals surface area contributed by atoms with Gasteiger partial charge in [-0.3, -0.25) is 4.79 Å². The molecule has 14 heavy (non-hydrogen) atoms. The number of ketones is 1. The molecule has 1 aromatic heterocycles. The fourth-order valence-electron chi connectivity index (χ4n) is 1.19. The van der Waals surface area contributed by atoms with E-state index in [-0.39, 0.29) is 5.78 Å². The zero-order chi connectivity index (χ0) is 10.6. The van der Waals surface area contributed by atoms with Crippen LogP contribution in [0.25, 0.3) is 0 Å². The molecule has 0 N–H and O–H groups in total. The van der Waals surface area contributed by atoms with Gasteiger partial charge in [0.1, 0.15) is 0 Å². The molecular weight excluding hydrogens is 196 g/mol. The van der Waals surface area contributed by atoms with Gasteiger partial charge in [0.05, 0.1) is 11.3 Å². The van der Waals surface area contributed by atoms with Crippen molar-refractivity contribution in [2.24, 2.45) is 0 Å². The molecule has 0 amide bonds. The van der Waals surface area contributed by atoms with E-state index in [1.807, 2.05) is 20.1 Å². The van der Waals surface area contributed by atoms with E-state index >= 15 is 0 Å². The van der Waals surface area contributed by atoms with Gasteiger partial charge in [0.15, 0.2) is 10.9 Å². The van der Waals surface area contributed by atoms with Crippen LogP contribution in [0.4, 0.5) is 0 Å². The lowest BCUT2D eigenvalue weighted by molar-refractivity contribution is 0.0986. The minimum Gasteiger partial charge on any atom is -0.294 e. The Labute approximate surface area is 88.3 Å². The molecule has 0 aromatic carbocycles. The number of aromatic nitrogens is 2. The van der Waals surface area contributed by atoms with E-state index in [0.29, 0.717) is 12.0 Å². The van der Waals surface area contributed by atoms with Gasteiger partial charge in [-0.2, -0.15) is 0 Å². The smallest absolute Gasteiger partial charge is 0.187 e. The van der Waals surface area contributed by atoms with Crippen molar-refractivity contribution in [3.05, 3.63) is 17.5 Å². The second kappa shape index (κ2) is 5.10. The lowest BCUT2D eigenvalue weighted by atomic mass is 10.1. The first-order chi connectivity index (χ1) is 6.72. The molecule has 1 rings (SSSR count). The Morgan fingerprint density at radius 2 is 2.21 bits per heavy atom. The topological polar surface area (TPSA) is 42.9 Å². The first-order valence-electron chi connectivity index (χ1n) is 4.66. The molecule has 0 spiro atoms. The van der Waals surface area contributed by atoms with Crippen molar-refractivity contribution in [1.82, 2.24) is 9.97 Å². The molecule has 0 unspecified atom stereocenters. The molecule has 0 saturated carbocycles.